The Morgan fingerprint density at radius 1 is 0.972 bits per heavy atom. The molecule has 7 nitrogen and oxygen atoms in total. The second-order valence-corrected chi connectivity index (χ2v) is 10.6. The Balaban J connectivity index is 1.54. The van der Waals surface area contributed by atoms with Crippen molar-refractivity contribution in [1.29, 1.82) is 0 Å². The number of aromatic nitrogens is 1. The third-order valence-electron chi connectivity index (χ3n) is 5.68. The Bertz CT molecular complexity index is 1390. The maximum absolute atomic E-state index is 13.6. The van der Waals surface area contributed by atoms with Crippen LogP contribution in [0.4, 0.5) is 10.8 Å². The van der Waals surface area contributed by atoms with Gasteiger partial charge in [-0.25, -0.2) is 4.98 Å². The second kappa shape index (κ2) is 11.5. The summed E-state index contributed by atoms with van der Waals surface area (Å²) in [7, 11) is -4.33. The molecule has 0 spiro atoms. The number of hydrogen-bond acceptors (Lipinski definition) is 5. The van der Waals surface area contributed by atoms with Gasteiger partial charge in [-0.05, 0) is 41.7 Å². The zero-order valence-electron chi connectivity index (χ0n) is 19.7. The van der Waals surface area contributed by atoms with Crippen LogP contribution in [0.25, 0.3) is 10.4 Å². The predicted molar refractivity (Wildman–Crippen MR) is 145 cm³/mol. The molecule has 0 aliphatic rings. The lowest BCUT2D eigenvalue weighted by Crippen LogP contribution is -2.37. The van der Waals surface area contributed by atoms with E-state index in [2.05, 4.69) is 4.98 Å². The highest BCUT2D eigenvalue weighted by Crippen LogP contribution is 2.32. The zero-order chi connectivity index (χ0) is 25.5. The van der Waals surface area contributed by atoms with Crippen LogP contribution in [0.15, 0.2) is 91.1 Å². The van der Waals surface area contributed by atoms with Gasteiger partial charge in [-0.2, -0.15) is 8.42 Å². The number of carbonyl (C=O) groups is 1. The molecule has 0 saturated heterocycles. The highest BCUT2D eigenvalue weighted by Gasteiger charge is 2.25. The first kappa shape index (κ1) is 25.6. The number of carbonyl (C=O) groups excluding carboxylic acids is 1. The quantitative estimate of drug-likeness (QED) is 0.269. The van der Waals surface area contributed by atoms with Crippen LogP contribution in [0.3, 0.4) is 0 Å². The van der Waals surface area contributed by atoms with E-state index in [1.54, 1.807) is 35.4 Å². The molecule has 0 saturated carbocycles. The van der Waals surface area contributed by atoms with Crippen LogP contribution < -0.4 is 9.62 Å². The fraction of sp³-hybridized carbons (Fsp3) is 0.185. The number of benzene rings is 3. The van der Waals surface area contributed by atoms with Gasteiger partial charge in [-0.15, -0.1) is 0 Å². The molecule has 0 aliphatic heterocycles. The van der Waals surface area contributed by atoms with Crippen LogP contribution in [0.2, 0.25) is 0 Å². The van der Waals surface area contributed by atoms with Gasteiger partial charge >= 0.3 is 10.3 Å². The third-order valence-corrected chi connectivity index (χ3v) is 7.24. The smallest absolute Gasteiger partial charge is 0.288 e. The number of hydrogen-bond donors (Lipinski definition) is 2. The number of amides is 1. The van der Waals surface area contributed by atoms with Crippen molar-refractivity contribution in [3.05, 3.63) is 102 Å². The van der Waals surface area contributed by atoms with E-state index in [1.807, 2.05) is 72.3 Å². The van der Waals surface area contributed by atoms with Crippen LogP contribution in [0.1, 0.15) is 18.1 Å². The van der Waals surface area contributed by atoms with E-state index >= 15 is 0 Å². The first-order valence-corrected chi connectivity index (χ1v) is 13.7. The maximum Gasteiger partial charge on any atom is 0.357 e. The Labute approximate surface area is 215 Å². The molecule has 0 aliphatic carbocycles. The van der Waals surface area contributed by atoms with Gasteiger partial charge in [-0.3, -0.25) is 19.0 Å². The van der Waals surface area contributed by atoms with Crippen LogP contribution in [-0.2, 0) is 27.9 Å². The third kappa shape index (κ3) is 7.00. The summed E-state index contributed by atoms with van der Waals surface area (Å²) in [5.41, 5.74) is 3.33. The van der Waals surface area contributed by atoms with Crippen molar-refractivity contribution in [3.63, 3.8) is 0 Å². The van der Waals surface area contributed by atoms with Gasteiger partial charge < -0.3 is 0 Å². The summed E-state index contributed by atoms with van der Waals surface area (Å²) in [6, 6.07) is 26.6. The van der Waals surface area contributed by atoms with Crippen LogP contribution in [0.5, 0.6) is 0 Å². The van der Waals surface area contributed by atoms with E-state index in [0.717, 1.165) is 21.6 Å². The molecule has 4 aromatic rings. The van der Waals surface area contributed by atoms with Gasteiger partial charge in [0.1, 0.15) is 0 Å². The normalized spacial score (nSPS) is 12.2. The van der Waals surface area contributed by atoms with E-state index in [9.17, 15) is 13.2 Å². The summed E-state index contributed by atoms with van der Waals surface area (Å²) in [4.78, 5) is 20.9. The van der Waals surface area contributed by atoms with Gasteiger partial charge in [0, 0.05) is 18.7 Å². The van der Waals surface area contributed by atoms with Crippen LogP contribution >= 0.6 is 11.3 Å². The Morgan fingerprint density at radius 3 is 2.25 bits per heavy atom. The largest absolute Gasteiger partial charge is 0.357 e. The van der Waals surface area contributed by atoms with E-state index < -0.39 is 10.3 Å². The molecule has 36 heavy (non-hydrogen) atoms. The maximum atomic E-state index is 13.6. The minimum atomic E-state index is -4.33. The van der Waals surface area contributed by atoms with Crippen molar-refractivity contribution < 1.29 is 17.8 Å². The lowest BCUT2D eigenvalue weighted by molar-refractivity contribution is -0.121. The molecule has 1 atom stereocenters. The van der Waals surface area contributed by atoms with Crippen molar-refractivity contribution in [2.75, 3.05) is 16.2 Å². The van der Waals surface area contributed by atoms with Crippen molar-refractivity contribution >= 4 is 38.4 Å². The second-order valence-electron chi connectivity index (χ2n) is 8.48. The van der Waals surface area contributed by atoms with Gasteiger partial charge in [0.05, 0.1) is 10.6 Å². The number of nitrogens with zero attached hydrogens (tertiary/aromatic N) is 2. The summed E-state index contributed by atoms with van der Waals surface area (Å²) < 4.78 is 33.0. The van der Waals surface area contributed by atoms with Gasteiger partial charge in [0.15, 0.2) is 5.13 Å². The molecule has 2 N–H and O–H groups in total. The van der Waals surface area contributed by atoms with Crippen LogP contribution in [-0.4, -0.2) is 30.4 Å². The summed E-state index contributed by atoms with van der Waals surface area (Å²) in [6.45, 7) is 2.36. The van der Waals surface area contributed by atoms with Crippen molar-refractivity contribution in [2.24, 2.45) is 5.92 Å². The Hall–Kier alpha value is -3.53. The summed E-state index contributed by atoms with van der Waals surface area (Å²) >= 11 is 1.48. The molecule has 0 fully saturated rings. The van der Waals surface area contributed by atoms with E-state index in [4.69, 9.17) is 4.55 Å². The summed E-state index contributed by atoms with van der Waals surface area (Å²) in [5, 5.41) is 0.642. The Kier molecular flexibility index (Phi) is 8.14. The Morgan fingerprint density at radius 2 is 1.61 bits per heavy atom. The van der Waals surface area contributed by atoms with E-state index in [-0.39, 0.29) is 17.5 Å². The predicted octanol–water partition coefficient (Wildman–Crippen LogP) is 5.48. The average Bonchev–Trinajstić information content (AvgIpc) is 3.35. The minimum absolute atomic E-state index is 0.00234. The highest BCUT2D eigenvalue weighted by molar-refractivity contribution is 7.87. The molecule has 1 amide bonds. The number of nitrogens with one attached hydrogen (secondary N) is 1. The average molecular weight is 522 g/mol. The van der Waals surface area contributed by atoms with Gasteiger partial charge in [0.25, 0.3) is 0 Å². The first-order chi connectivity index (χ1) is 17.3. The fourth-order valence-electron chi connectivity index (χ4n) is 3.88. The molecule has 4 rings (SSSR count). The molecule has 1 aromatic heterocycles. The first-order valence-electron chi connectivity index (χ1n) is 11.5. The lowest BCUT2D eigenvalue weighted by Gasteiger charge is -2.24. The molecule has 9 heteroatoms. The summed E-state index contributed by atoms with van der Waals surface area (Å²) in [5.74, 6) is -0.240. The summed E-state index contributed by atoms with van der Waals surface area (Å²) in [6.07, 6.45) is 2.98. The fourth-order valence-corrected chi connectivity index (χ4v) is 5.26. The SMILES string of the molecule is CC(Cc1ccccc1)C(=O)N(CCc1ccc(NS(=O)(=O)O)cc1)c1ncc(-c2ccccc2)s1. The molecule has 0 bridgehead atoms. The van der Waals surface area contributed by atoms with Crippen LogP contribution in [0, 0.1) is 5.92 Å². The highest BCUT2D eigenvalue weighted by atomic mass is 32.2. The molecule has 0 radical (unpaired) electrons. The minimum Gasteiger partial charge on any atom is -0.288 e. The van der Waals surface area contributed by atoms with Crippen molar-refractivity contribution in [1.82, 2.24) is 4.98 Å². The molecule has 3 aromatic carbocycles. The van der Waals surface area contributed by atoms with Gasteiger partial charge in [-0.1, -0.05) is 91.1 Å². The monoisotopic (exact) mass is 521 g/mol. The van der Waals surface area contributed by atoms with E-state index in [0.29, 0.717) is 24.5 Å². The van der Waals surface area contributed by atoms with Gasteiger partial charge in [0.2, 0.25) is 5.91 Å². The molecular weight excluding hydrogens is 494 g/mol. The molecule has 1 unspecified atom stereocenters. The van der Waals surface area contributed by atoms with Crippen molar-refractivity contribution in [3.8, 4) is 10.4 Å². The lowest BCUT2D eigenvalue weighted by atomic mass is 9.99. The molecule has 186 valence electrons. The number of rotatable bonds is 10. The number of thiazole rings is 1. The topological polar surface area (TPSA) is 99.6 Å². The zero-order valence-corrected chi connectivity index (χ0v) is 21.4. The standard InChI is InChI=1S/C27H27N3O4S2/c1-20(18-22-8-4-2-5-9-22)26(31)30(27-28-19-25(35-27)23-10-6-3-7-11-23)17-16-21-12-14-24(15-13-21)29-36(32,33)34/h2-15,19-20,29H,16-18H2,1H3,(H,32,33,34). The van der Waals surface area contributed by atoms with E-state index in [1.165, 1.54) is 11.3 Å². The number of anilines is 2. The van der Waals surface area contributed by atoms with Crippen molar-refractivity contribution in [2.45, 2.75) is 19.8 Å². The molecular formula is C27H27N3O4S2. The molecule has 1 heterocycles.